The molecule has 2 saturated carbocycles. The number of esters is 1. The topological polar surface area (TPSA) is 26.3 Å². The predicted molar refractivity (Wildman–Crippen MR) is 66.3 cm³/mol. The second-order valence-corrected chi connectivity index (χ2v) is 6.70. The normalized spacial score (nSPS) is 53.8. The van der Waals surface area contributed by atoms with Crippen molar-refractivity contribution in [2.45, 2.75) is 52.6 Å². The Morgan fingerprint density at radius 2 is 1.59 bits per heavy atom. The van der Waals surface area contributed by atoms with Crippen LogP contribution in [0.1, 0.15) is 46.5 Å². The highest BCUT2D eigenvalue weighted by atomic mass is 16.5. The van der Waals surface area contributed by atoms with Gasteiger partial charge in [-0.05, 0) is 42.9 Å². The van der Waals surface area contributed by atoms with E-state index < -0.39 is 0 Å². The minimum absolute atomic E-state index is 0.0679. The van der Waals surface area contributed by atoms with Gasteiger partial charge in [0.05, 0.1) is 5.92 Å². The van der Waals surface area contributed by atoms with Gasteiger partial charge in [-0.1, -0.05) is 27.2 Å². The van der Waals surface area contributed by atoms with Gasteiger partial charge in [-0.2, -0.15) is 0 Å². The summed E-state index contributed by atoms with van der Waals surface area (Å²) in [5.41, 5.74) is 0. The summed E-state index contributed by atoms with van der Waals surface area (Å²) in [5.74, 6) is 3.68. The van der Waals surface area contributed by atoms with Crippen LogP contribution in [0.25, 0.3) is 0 Å². The number of hydrogen-bond donors (Lipinski definition) is 0. The number of rotatable bonds is 0. The largest absolute Gasteiger partial charge is 0.462 e. The predicted octanol–water partition coefficient (Wildman–Crippen LogP) is 3.26. The summed E-state index contributed by atoms with van der Waals surface area (Å²) in [4.78, 5) is 12.0. The van der Waals surface area contributed by atoms with Crippen molar-refractivity contribution in [3.05, 3.63) is 0 Å². The molecule has 0 aromatic rings. The Morgan fingerprint density at radius 3 is 2.35 bits per heavy atom. The van der Waals surface area contributed by atoms with E-state index in [0.29, 0.717) is 17.8 Å². The molecule has 1 aliphatic heterocycles. The lowest BCUT2D eigenvalue weighted by Crippen LogP contribution is -2.55. The van der Waals surface area contributed by atoms with Gasteiger partial charge in [0.1, 0.15) is 6.10 Å². The molecule has 0 bridgehead atoms. The van der Waals surface area contributed by atoms with Crippen molar-refractivity contribution in [1.29, 1.82) is 0 Å². The van der Waals surface area contributed by atoms with Crippen LogP contribution in [0.2, 0.25) is 0 Å². The lowest BCUT2D eigenvalue weighted by molar-refractivity contribution is -0.194. The Morgan fingerprint density at radius 1 is 0.941 bits per heavy atom. The molecule has 96 valence electrons. The van der Waals surface area contributed by atoms with E-state index in [4.69, 9.17) is 4.74 Å². The average Bonchev–Trinajstić information content (AvgIpc) is 2.31. The van der Waals surface area contributed by atoms with Crippen LogP contribution in [0.4, 0.5) is 0 Å². The second-order valence-electron chi connectivity index (χ2n) is 6.70. The van der Waals surface area contributed by atoms with Gasteiger partial charge in [0.25, 0.3) is 0 Å². The molecule has 2 aliphatic carbocycles. The van der Waals surface area contributed by atoms with E-state index in [2.05, 4.69) is 20.8 Å². The molecule has 0 spiro atoms. The van der Waals surface area contributed by atoms with Crippen LogP contribution < -0.4 is 0 Å². The van der Waals surface area contributed by atoms with Gasteiger partial charge in [0, 0.05) is 5.92 Å². The Bertz CT molecular complexity index is 323. The van der Waals surface area contributed by atoms with Crippen molar-refractivity contribution in [2.24, 2.45) is 35.5 Å². The van der Waals surface area contributed by atoms with Crippen molar-refractivity contribution in [2.75, 3.05) is 0 Å². The minimum Gasteiger partial charge on any atom is -0.462 e. The first-order chi connectivity index (χ1) is 8.09. The molecular formula is C15H24O2. The Labute approximate surface area is 104 Å². The molecule has 2 heteroatoms. The maximum absolute atomic E-state index is 12.0. The third kappa shape index (κ3) is 1.63. The van der Waals surface area contributed by atoms with Crippen molar-refractivity contribution in [3.8, 4) is 0 Å². The van der Waals surface area contributed by atoms with Crippen LogP contribution in [-0.4, -0.2) is 12.1 Å². The SMILES string of the molecule is CC1CCC2C3C(CC[C@H]2C)C(C)C(=O)OC13. The highest BCUT2D eigenvalue weighted by molar-refractivity contribution is 5.73. The van der Waals surface area contributed by atoms with E-state index in [-0.39, 0.29) is 18.0 Å². The molecule has 1 saturated heterocycles. The highest BCUT2D eigenvalue weighted by Crippen LogP contribution is 2.53. The second kappa shape index (κ2) is 4.00. The molecule has 3 fully saturated rings. The van der Waals surface area contributed by atoms with Gasteiger partial charge < -0.3 is 4.74 Å². The van der Waals surface area contributed by atoms with E-state index in [9.17, 15) is 4.79 Å². The average molecular weight is 236 g/mol. The van der Waals surface area contributed by atoms with Crippen LogP contribution in [0, 0.1) is 35.5 Å². The molecule has 3 rings (SSSR count). The van der Waals surface area contributed by atoms with Crippen molar-refractivity contribution < 1.29 is 9.53 Å². The van der Waals surface area contributed by atoms with Crippen LogP contribution >= 0.6 is 0 Å². The van der Waals surface area contributed by atoms with Crippen LogP contribution in [0.5, 0.6) is 0 Å². The number of carbonyl (C=O) groups excluding carboxylic acids is 1. The summed E-state index contributed by atoms with van der Waals surface area (Å²) >= 11 is 0. The van der Waals surface area contributed by atoms with Gasteiger partial charge >= 0.3 is 5.97 Å². The standard InChI is InChI=1S/C15H24O2/c1-8-4-7-12-10(3)15(16)17-14-9(2)5-6-11(8)13(12)14/h8-14H,4-7H2,1-3H3/t8-,9?,10?,11?,12?,13?,14?/m1/s1. The third-order valence-electron chi connectivity index (χ3n) is 5.84. The van der Waals surface area contributed by atoms with E-state index in [0.717, 1.165) is 11.8 Å². The minimum atomic E-state index is 0.0679. The lowest BCUT2D eigenvalue weighted by atomic mass is 9.55. The van der Waals surface area contributed by atoms with Crippen LogP contribution in [0.3, 0.4) is 0 Å². The zero-order chi connectivity index (χ0) is 12.2. The summed E-state index contributed by atoms with van der Waals surface area (Å²) in [6.45, 7) is 6.74. The molecule has 0 N–H and O–H groups in total. The Balaban J connectivity index is 1.93. The molecule has 3 aliphatic rings. The quantitative estimate of drug-likeness (QED) is 0.603. The van der Waals surface area contributed by atoms with E-state index >= 15 is 0 Å². The molecule has 7 atom stereocenters. The van der Waals surface area contributed by atoms with E-state index in [1.165, 1.54) is 25.7 Å². The van der Waals surface area contributed by atoms with Crippen molar-refractivity contribution in [1.82, 2.24) is 0 Å². The first-order valence-corrected chi connectivity index (χ1v) is 7.30. The van der Waals surface area contributed by atoms with Crippen molar-refractivity contribution in [3.63, 3.8) is 0 Å². The van der Waals surface area contributed by atoms with Gasteiger partial charge in [0.2, 0.25) is 0 Å². The summed E-state index contributed by atoms with van der Waals surface area (Å²) in [6, 6.07) is 0. The first kappa shape index (κ1) is 11.6. The first-order valence-electron chi connectivity index (χ1n) is 7.30. The molecule has 6 unspecified atom stereocenters. The highest BCUT2D eigenvalue weighted by Gasteiger charge is 2.53. The summed E-state index contributed by atoms with van der Waals surface area (Å²) < 4.78 is 5.76. The van der Waals surface area contributed by atoms with E-state index in [1.54, 1.807) is 0 Å². The molecule has 0 radical (unpaired) electrons. The zero-order valence-corrected chi connectivity index (χ0v) is 11.2. The maximum atomic E-state index is 12.0. The van der Waals surface area contributed by atoms with Crippen molar-refractivity contribution >= 4 is 5.97 Å². The molecule has 0 aromatic heterocycles. The fourth-order valence-corrected chi connectivity index (χ4v) is 4.72. The summed E-state index contributed by atoms with van der Waals surface area (Å²) in [7, 11) is 0. The molecule has 2 nitrogen and oxygen atoms in total. The maximum Gasteiger partial charge on any atom is 0.309 e. The molecule has 0 amide bonds. The van der Waals surface area contributed by atoms with Gasteiger partial charge in [-0.15, -0.1) is 0 Å². The fourth-order valence-electron chi connectivity index (χ4n) is 4.72. The molecule has 17 heavy (non-hydrogen) atoms. The zero-order valence-electron chi connectivity index (χ0n) is 11.2. The number of hydrogen-bond acceptors (Lipinski definition) is 2. The molecule has 0 aromatic carbocycles. The van der Waals surface area contributed by atoms with Gasteiger partial charge in [-0.25, -0.2) is 0 Å². The molecule has 1 heterocycles. The molecular weight excluding hydrogens is 212 g/mol. The number of ether oxygens (including phenoxy) is 1. The Hall–Kier alpha value is -0.530. The van der Waals surface area contributed by atoms with Crippen LogP contribution in [-0.2, 0) is 9.53 Å². The Kier molecular flexibility index (Phi) is 2.72. The fraction of sp³-hybridized carbons (Fsp3) is 0.933. The van der Waals surface area contributed by atoms with E-state index in [1.807, 2.05) is 0 Å². The van der Waals surface area contributed by atoms with Gasteiger partial charge in [0.15, 0.2) is 0 Å². The summed E-state index contributed by atoms with van der Waals surface area (Å²) in [5, 5.41) is 0. The number of carbonyl (C=O) groups is 1. The lowest BCUT2D eigenvalue weighted by Gasteiger charge is -2.54. The monoisotopic (exact) mass is 236 g/mol. The summed E-state index contributed by atoms with van der Waals surface area (Å²) in [6.07, 6.45) is 5.37. The smallest absolute Gasteiger partial charge is 0.309 e. The van der Waals surface area contributed by atoms with Gasteiger partial charge in [-0.3, -0.25) is 4.79 Å². The third-order valence-corrected chi connectivity index (χ3v) is 5.84. The van der Waals surface area contributed by atoms with Crippen LogP contribution in [0.15, 0.2) is 0 Å².